The molecule has 1 aliphatic heterocycles. The van der Waals surface area contributed by atoms with Crippen molar-refractivity contribution in [1.82, 2.24) is 10.2 Å². The molecular weight excluding hydrogens is 248 g/mol. The lowest BCUT2D eigenvalue weighted by atomic mass is 9.81. The highest BCUT2D eigenvalue weighted by Crippen LogP contribution is 2.32. The van der Waals surface area contributed by atoms with Crippen molar-refractivity contribution in [3.8, 4) is 0 Å². The van der Waals surface area contributed by atoms with Crippen molar-refractivity contribution in [2.24, 2.45) is 0 Å². The number of nitrogens with zero attached hydrogens (tertiary/aromatic N) is 1. The highest BCUT2D eigenvalue weighted by Gasteiger charge is 2.39. The summed E-state index contributed by atoms with van der Waals surface area (Å²) in [5.74, 6) is 0. The van der Waals surface area contributed by atoms with E-state index in [4.69, 9.17) is 4.74 Å². The number of rotatable bonds is 5. The van der Waals surface area contributed by atoms with Crippen LogP contribution in [0.5, 0.6) is 0 Å². The van der Waals surface area contributed by atoms with E-state index >= 15 is 0 Å². The summed E-state index contributed by atoms with van der Waals surface area (Å²) in [4.78, 5) is 2.64. The van der Waals surface area contributed by atoms with Gasteiger partial charge in [0.2, 0.25) is 0 Å². The van der Waals surface area contributed by atoms with Crippen LogP contribution in [0.3, 0.4) is 0 Å². The van der Waals surface area contributed by atoms with Gasteiger partial charge in [0, 0.05) is 24.7 Å². The third kappa shape index (κ3) is 3.44. The molecule has 2 rings (SSSR count). The molecule has 0 bridgehead atoms. The fraction of sp³-hybridized carbons (Fsp3) is 0.882. The van der Waals surface area contributed by atoms with Crippen molar-refractivity contribution in [3.05, 3.63) is 11.6 Å². The third-order valence-electron chi connectivity index (χ3n) is 5.31. The van der Waals surface area contributed by atoms with E-state index in [0.717, 1.165) is 26.3 Å². The van der Waals surface area contributed by atoms with Crippen LogP contribution in [0.15, 0.2) is 11.6 Å². The first kappa shape index (κ1) is 16.0. The normalized spacial score (nSPS) is 26.4. The molecule has 1 aliphatic carbocycles. The zero-order valence-corrected chi connectivity index (χ0v) is 13.6. The molecule has 20 heavy (non-hydrogen) atoms. The quantitative estimate of drug-likeness (QED) is 0.784. The molecule has 2 unspecified atom stereocenters. The number of likely N-dealkylation sites (N-methyl/N-ethyl adjacent to an activating group) is 1. The molecule has 1 saturated heterocycles. The summed E-state index contributed by atoms with van der Waals surface area (Å²) in [6.07, 6.45) is 10.3. The van der Waals surface area contributed by atoms with Gasteiger partial charge in [-0.3, -0.25) is 4.90 Å². The maximum Gasteiger partial charge on any atom is 0.0594 e. The molecule has 0 aromatic heterocycles. The van der Waals surface area contributed by atoms with Gasteiger partial charge in [-0.25, -0.2) is 0 Å². The van der Waals surface area contributed by atoms with Crippen molar-refractivity contribution in [3.63, 3.8) is 0 Å². The molecule has 0 radical (unpaired) electrons. The molecule has 3 heteroatoms. The van der Waals surface area contributed by atoms with E-state index in [1.165, 1.54) is 38.5 Å². The first-order valence-corrected chi connectivity index (χ1v) is 8.41. The summed E-state index contributed by atoms with van der Waals surface area (Å²) in [5, 5.41) is 3.64. The minimum absolute atomic E-state index is 0.203. The van der Waals surface area contributed by atoms with Crippen molar-refractivity contribution in [2.75, 3.05) is 33.4 Å². The molecule has 2 aliphatic rings. The Hall–Kier alpha value is -0.380. The van der Waals surface area contributed by atoms with Crippen LogP contribution < -0.4 is 5.32 Å². The second kappa shape index (κ2) is 7.58. The van der Waals surface area contributed by atoms with Crippen molar-refractivity contribution in [2.45, 2.75) is 64.0 Å². The van der Waals surface area contributed by atoms with Crippen molar-refractivity contribution in [1.29, 1.82) is 0 Å². The summed E-state index contributed by atoms with van der Waals surface area (Å²) in [5.41, 5.74) is 1.84. The molecule has 1 heterocycles. The summed E-state index contributed by atoms with van der Waals surface area (Å²) in [7, 11) is 2.13. The monoisotopic (exact) mass is 280 g/mol. The molecule has 1 N–H and O–H groups in total. The van der Waals surface area contributed by atoms with Crippen LogP contribution in [0.4, 0.5) is 0 Å². The van der Waals surface area contributed by atoms with Crippen LogP contribution in [0.25, 0.3) is 0 Å². The molecule has 116 valence electrons. The average molecular weight is 280 g/mol. The Bertz CT molecular complexity index is 323. The van der Waals surface area contributed by atoms with Gasteiger partial charge >= 0.3 is 0 Å². The standard InChI is InChI=1S/C17H32N2O/c1-4-17(2,19-11-13-20-14-12-19)16(18-3)15-9-7-5-6-8-10-15/h9,16,18H,4-8,10-14H2,1-3H3. The highest BCUT2D eigenvalue weighted by atomic mass is 16.5. The van der Waals surface area contributed by atoms with Crippen LogP contribution in [0, 0.1) is 0 Å². The lowest BCUT2D eigenvalue weighted by Crippen LogP contribution is -2.61. The predicted molar refractivity (Wildman–Crippen MR) is 85.1 cm³/mol. The molecule has 0 amide bonds. The molecule has 0 aromatic rings. The van der Waals surface area contributed by atoms with Gasteiger partial charge < -0.3 is 10.1 Å². The van der Waals surface area contributed by atoms with Crippen LogP contribution in [0.2, 0.25) is 0 Å². The molecule has 0 aromatic carbocycles. The zero-order valence-electron chi connectivity index (χ0n) is 13.6. The van der Waals surface area contributed by atoms with Crippen LogP contribution in [-0.4, -0.2) is 49.8 Å². The zero-order chi connectivity index (χ0) is 14.4. The third-order valence-corrected chi connectivity index (χ3v) is 5.31. The summed E-state index contributed by atoms with van der Waals surface area (Å²) in [6, 6.07) is 0.476. The smallest absolute Gasteiger partial charge is 0.0594 e. The minimum atomic E-state index is 0.203. The van der Waals surface area contributed by atoms with E-state index in [1.54, 1.807) is 5.57 Å². The number of allylic oxidation sites excluding steroid dienone is 1. The predicted octanol–water partition coefficient (Wildman–Crippen LogP) is 2.97. The van der Waals surface area contributed by atoms with Gasteiger partial charge in [-0.1, -0.05) is 25.0 Å². The fourth-order valence-corrected chi connectivity index (χ4v) is 3.88. The first-order valence-electron chi connectivity index (χ1n) is 8.41. The van der Waals surface area contributed by atoms with Gasteiger partial charge in [-0.05, 0) is 46.1 Å². The largest absolute Gasteiger partial charge is 0.379 e. The summed E-state index contributed by atoms with van der Waals surface area (Å²) < 4.78 is 5.54. The maximum atomic E-state index is 5.54. The average Bonchev–Trinajstić information content (AvgIpc) is 2.78. The lowest BCUT2D eigenvalue weighted by Gasteiger charge is -2.48. The minimum Gasteiger partial charge on any atom is -0.379 e. The highest BCUT2D eigenvalue weighted by molar-refractivity contribution is 5.19. The number of hydrogen-bond acceptors (Lipinski definition) is 3. The summed E-state index contributed by atoms with van der Waals surface area (Å²) >= 11 is 0. The number of hydrogen-bond donors (Lipinski definition) is 1. The number of morpholine rings is 1. The van der Waals surface area contributed by atoms with Gasteiger partial charge in [0.05, 0.1) is 13.2 Å². The Kier molecular flexibility index (Phi) is 6.06. The SMILES string of the molecule is CCC(C)(C(NC)C1=CCCCCC1)N1CCOCC1. The van der Waals surface area contributed by atoms with Gasteiger partial charge in [0.25, 0.3) is 0 Å². The van der Waals surface area contributed by atoms with Crippen LogP contribution in [0.1, 0.15) is 52.4 Å². The maximum absolute atomic E-state index is 5.54. The van der Waals surface area contributed by atoms with Gasteiger partial charge in [-0.15, -0.1) is 0 Å². The van der Waals surface area contributed by atoms with Gasteiger partial charge in [-0.2, -0.15) is 0 Å². The van der Waals surface area contributed by atoms with Gasteiger partial charge in [0.15, 0.2) is 0 Å². The Labute approximate surface area is 124 Å². The topological polar surface area (TPSA) is 24.5 Å². The van der Waals surface area contributed by atoms with E-state index in [9.17, 15) is 0 Å². The van der Waals surface area contributed by atoms with Crippen LogP contribution >= 0.6 is 0 Å². The van der Waals surface area contributed by atoms with Crippen LogP contribution in [-0.2, 0) is 4.74 Å². The van der Waals surface area contributed by atoms with E-state index in [2.05, 4.69) is 37.2 Å². The second-order valence-corrected chi connectivity index (χ2v) is 6.41. The molecule has 2 atom stereocenters. The van der Waals surface area contributed by atoms with E-state index in [0.29, 0.717) is 6.04 Å². The molecule has 3 nitrogen and oxygen atoms in total. The first-order chi connectivity index (χ1) is 9.72. The number of nitrogens with one attached hydrogen (secondary N) is 1. The van der Waals surface area contributed by atoms with Crippen molar-refractivity contribution < 1.29 is 4.74 Å². The van der Waals surface area contributed by atoms with Gasteiger partial charge in [0.1, 0.15) is 0 Å². The second-order valence-electron chi connectivity index (χ2n) is 6.41. The Morgan fingerprint density at radius 1 is 1.30 bits per heavy atom. The van der Waals surface area contributed by atoms with E-state index in [-0.39, 0.29) is 5.54 Å². The Morgan fingerprint density at radius 3 is 2.70 bits per heavy atom. The molecule has 0 spiro atoms. The Balaban J connectivity index is 2.18. The van der Waals surface area contributed by atoms with E-state index < -0.39 is 0 Å². The fourth-order valence-electron chi connectivity index (χ4n) is 3.88. The Morgan fingerprint density at radius 2 is 2.05 bits per heavy atom. The summed E-state index contributed by atoms with van der Waals surface area (Å²) in [6.45, 7) is 8.66. The van der Waals surface area contributed by atoms with E-state index in [1.807, 2.05) is 0 Å². The molecule has 0 saturated carbocycles. The molecular formula is C17H32N2O. The number of ether oxygens (including phenoxy) is 1. The van der Waals surface area contributed by atoms with Crippen molar-refractivity contribution >= 4 is 0 Å². The lowest BCUT2D eigenvalue weighted by molar-refractivity contribution is -0.0271. The molecule has 1 fully saturated rings.